The Kier molecular flexibility index (Phi) is 3.15. The van der Waals surface area contributed by atoms with Crippen LogP contribution in [0.25, 0.3) is 0 Å². The first-order valence-corrected chi connectivity index (χ1v) is 6.44. The molecule has 1 aliphatic rings. The summed E-state index contributed by atoms with van der Waals surface area (Å²) < 4.78 is 5.54. The molecule has 5 heteroatoms. The van der Waals surface area contributed by atoms with Gasteiger partial charge in [-0.3, -0.25) is 10.00 Å². The summed E-state index contributed by atoms with van der Waals surface area (Å²) in [7, 11) is 0. The maximum atomic E-state index is 5.54. The molecule has 2 aromatic heterocycles. The highest BCUT2D eigenvalue weighted by Crippen LogP contribution is 2.26. The molecular weight excluding hydrogens is 228 g/mol. The van der Waals surface area contributed by atoms with E-state index in [9.17, 15) is 0 Å². The minimum absolute atomic E-state index is 0.553. The predicted octanol–water partition coefficient (Wildman–Crippen LogP) is 2.09. The van der Waals surface area contributed by atoms with Crippen LogP contribution in [0, 0.1) is 6.92 Å². The Bertz CT molecular complexity index is 491. The highest BCUT2D eigenvalue weighted by Gasteiger charge is 2.23. The number of oxazole rings is 1. The third kappa shape index (κ3) is 2.46. The van der Waals surface area contributed by atoms with Crippen molar-refractivity contribution < 1.29 is 4.42 Å². The summed E-state index contributed by atoms with van der Waals surface area (Å²) in [5.74, 6) is 2.25. The first-order chi connectivity index (χ1) is 8.81. The Morgan fingerprint density at radius 1 is 1.56 bits per heavy atom. The molecule has 5 nitrogen and oxygen atoms in total. The molecule has 0 aromatic carbocycles. The van der Waals surface area contributed by atoms with Crippen LogP contribution in [-0.4, -0.2) is 33.2 Å². The van der Waals surface area contributed by atoms with Crippen LogP contribution < -0.4 is 0 Å². The quantitative estimate of drug-likeness (QED) is 0.901. The molecule has 0 aliphatic carbocycles. The predicted molar refractivity (Wildman–Crippen MR) is 67.1 cm³/mol. The lowest BCUT2D eigenvalue weighted by Gasteiger charge is -2.31. The number of hydrogen-bond acceptors (Lipinski definition) is 4. The summed E-state index contributed by atoms with van der Waals surface area (Å²) in [4.78, 5) is 6.67. The van der Waals surface area contributed by atoms with Gasteiger partial charge in [0.05, 0.1) is 12.7 Å². The van der Waals surface area contributed by atoms with Gasteiger partial charge in [-0.05, 0) is 32.4 Å². The van der Waals surface area contributed by atoms with Gasteiger partial charge < -0.3 is 4.42 Å². The fraction of sp³-hybridized carbons (Fsp3) is 0.538. The molecule has 0 amide bonds. The number of rotatable bonds is 3. The summed E-state index contributed by atoms with van der Waals surface area (Å²) in [5.41, 5.74) is 1.24. The fourth-order valence-electron chi connectivity index (χ4n) is 2.61. The molecule has 3 heterocycles. The van der Waals surface area contributed by atoms with E-state index in [1.54, 1.807) is 6.20 Å². The van der Waals surface area contributed by atoms with Gasteiger partial charge in [0.2, 0.25) is 5.89 Å². The van der Waals surface area contributed by atoms with Crippen LogP contribution in [-0.2, 0) is 6.54 Å². The van der Waals surface area contributed by atoms with Crippen LogP contribution in [0.3, 0.4) is 0 Å². The van der Waals surface area contributed by atoms with Gasteiger partial charge in [-0.15, -0.1) is 0 Å². The number of nitrogens with one attached hydrogen (secondary N) is 1. The minimum atomic E-state index is 0.553. The molecule has 1 N–H and O–H groups in total. The molecule has 0 radical (unpaired) electrons. The molecule has 1 saturated heterocycles. The molecule has 96 valence electrons. The van der Waals surface area contributed by atoms with Crippen LogP contribution in [0.5, 0.6) is 0 Å². The summed E-state index contributed by atoms with van der Waals surface area (Å²) in [6.07, 6.45) is 6.05. The third-order valence-electron chi connectivity index (χ3n) is 3.50. The van der Waals surface area contributed by atoms with Crippen molar-refractivity contribution >= 4 is 0 Å². The van der Waals surface area contributed by atoms with E-state index < -0.39 is 0 Å². The molecule has 1 fully saturated rings. The number of likely N-dealkylation sites (tertiary alicyclic amines) is 1. The number of hydrogen-bond donors (Lipinski definition) is 1. The van der Waals surface area contributed by atoms with E-state index in [0.29, 0.717) is 5.92 Å². The lowest BCUT2D eigenvalue weighted by Crippen LogP contribution is -2.34. The molecule has 0 saturated carbocycles. The number of aromatic amines is 1. The van der Waals surface area contributed by atoms with Crippen molar-refractivity contribution in [1.82, 2.24) is 20.1 Å². The Hall–Kier alpha value is -1.62. The molecular formula is C13H18N4O. The molecule has 0 spiro atoms. The molecule has 0 bridgehead atoms. The van der Waals surface area contributed by atoms with Crippen LogP contribution in [0.15, 0.2) is 22.9 Å². The van der Waals surface area contributed by atoms with Crippen molar-refractivity contribution in [3.05, 3.63) is 35.8 Å². The normalized spacial score (nSPS) is 21.3. The number of piperidine rings is 1. The second-order valence-corrected chi connectivity index (χ2v) is 4.95. The smallest absolute Gasteiger partial charge is 0.208 e. The fourth-order valence-corrected chi connectivity index (χ4v) is 2.61. The zero-order valence-corrected chi connectivity index (χ0v) is 10.6. The van der Waals surface area contributed by atoms with Gasteiger partial charge in [-0.2, -0.15) is 5.10 Å². The lowest BCUT2D eigenvalue weighted by atomic mass is 9.95. The largest absolute Gasteiger partial charge is 0.445 e. The molecule has 1 atom stereocenters. The molecule has 2 aromatic rings. The number of nitrogens with zero attached hydrogens (tertiary/aromatic N) is 3. The van der Waals surface area contributed by atoms with Crippen molar-refractivity contribution in [3.8, 4) is 0 Å². The van der Waals surface area contributed by atoms with Crippen LogP contribution >= 0.6 is 0 Å². The Morgan fingerprint density at radius 2 is 2.50 bits per heavy atom. The molecule has 3 rings (SSSR count). The highest BCUT2D eigenvalue weighted by molar-refractivity contribution is 5.07. The summed E-state index contributed by atoms with van der Waals surface area (Å²) >= 11 is 0. The second-order valence-electron chi connectivity index (χ2n) is 4.95. The summed E-state index contributed by atoms with van der Waals surface area (Å²) in [5, 5.41) is 7.12. The van der Waals surface area contributed by atoms with Crippen molar-refractivity contribution in [2.24, 2.45) is 0 Å². The summed E-state index contributed by atoms with van der Waals surface area (Å²) in [6, 6.07) is 2.07. The average molecular weight is 246 g/mol. The van der Waals surface area contributed by atoms with E-state index in [1.807, 2.05) is 13.1 Å². The molecule has 18 heavy (non-hydrogen) atoms. The van der Waals surface area contributed by atoms with E-state index in [4.69, 9.17) is 4.42 Å². The number of aromatic nitrogens is 3. The van der Waals surface area contributed by atoms with Crippen LogP contribution in [0.1, 0.15) is 36.1 Å². The van der Waals surface area contributed by atoms with Gasteiger partial charge in [0.1, 0.15) is 5.76 Å². The highest BCUT2D eigenvalue weighted by atomic mass is 16.4. The first kappa shape index (κ1) is 11.5. The summed E-state index contributed by atoms with van der Waals surface area (Å²) in [6.45, 7) is 4.90. The van der Waals surface area contributed by atoms with Gasteiger partial charge in [-0.25, -0.2) is 4.98 Å². The van der Waals surface area contributed by atoms with Crippen LogP contribution in [0.4, 0.5) is 0 Å². The standard InChI is InChI=1S/C13H18N4O/c1-10-7-14-13(18-10)9-17-6-2-3-11(8-17)12-4-5-15-16-12/h4-5,7,11H,2-3,6,8-9H2,1H3,(H,15,16)/t11-/m0/s1. The van der Waals surface area contributed by atoms with E-state index in [-0.39, 0.29) is 0 Å². The van der Waals surface area contributed by atoms with E-state index in [0.717, 1.165) is 31.3 Å². The van der Waals surface area contributed by atoms with Gasteiger partial charge in [0, 0.05) is 24.4 Å². The van der Waals surface area contributed by atoms with Gasteiger partial charge in [0.15, 0.2) is 0 Å². The second kappa shape index (κ2) is 4.94. The zero-order valence-electron chi connectivity index (χ0n) is 10.6. The van der Waals surface area contributed by atoms with E-state index in [2.05, 4.69) is 26.1 Å². The van der Waals surface area contributed by atoms with Gasteiger partial charge in [-0.1, -0.05) is 0 Å². The van der Waals surface area contributed by atoms with Crippen molar-refractivity contribution in [2.75, 3.05) is 13.1 Å². The SMILES string of the molecule is Cc1cnc(CN2CCC[C@H](c3ccn[nH]3)C2)o1. The maximum Gasteiger partial charge on any atom is 0.208 e. The minimum Gasteiger partial charge on any atom is -0.445 e. The topological polar surface area (TPSA) is 58.0 Å². The lowest BCUT2D eigenvalue weighted by molar-refractivity contribution is 0.181. The number of aryl methyl sites for hydroxylation is 1. The molecule has 0 unspecified atom stereocenters. The Labute approximate surface area is 106 Å². The van der Waals surface area contributed by atoms with Crippen molar-refractivity contribution in [1.29, 1.82) is 0 Å². The Morgan fingerprint density at radius 3 is 3.22 bits per heavy atom. The third-order valence-corrected chi connectivity index (χ3v) is 3.50. The van der Waals surface area contributed by atoms with E-state index in [1.165, 1.54) is 18.5 Å². The number of H-pyrrole nitrogens is 1. The molecule has 1 aliphatic heterocycles. The average Bonchev–Trinajstić information content (AvgIpc) is 3.01. The zero-order chi connectivity index (χ0) is 12.4. The maximum absolute atomic E-state index is 5.54. The van der Waals surface area contributed by atoms with Crippen LogP contribution in [0.2, 0.25) is 0 Å². The van der Waals surface area contributed by atoms with Crippen molar-refractivity contribution in [3.63, 3.8) is 0 Å². The first-order valence-electron chi connectivity index (χ1n) is 6.44. The Balaban J connectivity index is 1.63. The van der Waals surface area contributed by atoms with E-state index >= 15 is 0 Å². The monoisotopic (exact) mass is 246 g/mol. The van der Waals surface area contributed by atoms with Crippen molar-refractivity contribution in [2.45, 2.75) is 32.2 Å². The van der Waals surface area contributed by atoms with Gasteiger partial charge >= 0.3 is 0 Å². The van der Waals surface area contributed by atoms with Gasteiger partial charge in [0.25, 0.3) is 0 Å².